The lowest BCUT2D eigenvalue weighted by Gasteiger charge is -1.98. The van der Waals surface area contributed by atoms with E-state index in [9.17, 15) is 4.79 Å². The molecule has 3 N–H and O–H groups in total. The molecule has 1 rings (SSSR count). The average Bonchev–Trinajstić information content (AvgIpc) is 2.74. The number of hydrogen-bond donors (Lipinski definition) is 2. The molecule has 1 aromatic heterocycles. The van der Waals surface area contributed by atoms with Gasteiger partial charge in [0.2, 0.25) is 11.0 Å². The second-order valence-corrected chi connectivity index (χ2v) is 4.96. The zero-order chi connectivity index (χ0) is 12.5. The van der Waals surface area contributed by atoms with Gasteiger partial charge in [0, 0.05) is 12.8 Å². The zero-order valence-electron chi connectivity index (χ0n) is 10.6. The standard InChI is InChI=1S/C11H20N4OS.ClH/c1-2-3-4-7-10-14-15-11(17-10)13-9(16)6-5-8-12;/h2-8,12H2,1H3,(H,13,15,16);1H. The first kappa shape index (κ1) is 17.3. The molecule has 0 aliphatic rings. The molecule has 104 valence electrons. The summed E-state index contributed by atoms with van der Waals surface area (Å²) in [4.78, 5) is 11.4. The Morgan fingerprint density at radius 2 is 2.11 bits per heavy atom. The maximum absolute atomic E-state index is 11.4. The molecular formula is C11H21ClN4OS. The molecule has 1 amide bonds. The van der Waals surface area contributed by atoms with Gasteiger partial charge in [-0.1, -0.05) is 31.1 Å². The van der Waals surface area contributed by atoms with Gasteiger partial charge in [-0.2, -0.15) is 0 Å². The summed E-state index contributed by atoms with van der Waals surface area (Å²) in [6.07, 6.45) is 5.63. The Labute approximate surface area is 118 Å². The maximum Gasteiger partial charge on any atom is 0.226 e. The molecule has 0 saturated carbocycles. The average molecular weight is 293 g/mol. The fraction of sp³-hybridized carbons (Fsp3) is 0.727. The molecule has 5 nitrogen and oxygen atoms in total. The predicted molar refractivity (Wildman–Crippen MR) is 77.3 cm³/mol. The van der Waals surface area contributed by atoms with Gasteiger partial charge in [-0.05, 0) is 19.4 Å². The summed E-state index contributed by atoms with van der Waals surface area (Å²) in [7, 11) is 0. The van der Waals surface area contributed by atoms with Crippen LogP contribution in [0.15, 0.2) is 0 Å². The van der Waals surface area contributed by atoms with Crippen LogP contribution in [0.25, 0.3) is 0 Å². The summed E-state index contributed by atoms with van der Waals surface area (Å²) in [5.41, 5.74) is 5.34. The van der Waals surface area contributed by atoms with E-state index in [1.54, 1.807) is 0 Å². The van der Waals surface area contributed by atoms with Gasteiger partial charge in [-0.25, -0.2) is 0 Å². The van der Waals surface area contributed by atoms with E-state index >= 15 is 0 Å². The number of anilines is 1. The smallest absolute Gasteiger partial charge is 0.226 e. The third kappa shape index (κ3) is 6.88. The molecule has 18 heavy (non-hydrogen) atoms. The molecular weight excluding hydrogens is 272 g/mol. The number of nitrogens with zero attached hydrogens (tertiary/aromatic N) is 2. The van der Waals surface area contributed by atoms with E-state index in [2.05, 4.69) is 22.4 Å². The van der Waals surface area contributed by atoms with Crippen molar-refractivity contribution in [3.8, 4) is 0 Å². The van der Waals surface area contributed by atoms with Gasteiger partial charge in [-0.15, -0.1) is 22.6 Å². The van der Waals surface area contributed by atoms with Crippen molar-refractivity contribution in [1.82, 2.24) is 10.2 Å². The summed E-state index contributed by atoms with van der Waals surface area (Å²) in [5.74, 6) is -0.0355. The van der Waals surface area contributed by atoms with E-state index < -0.39 is 0 Å². The minimum absolute atomic E-state index is 0. The fourth-order valence-electron chi connectivity index (χ4n) is 1.38. The van der Waals surface area contributed by atoms with Crippen molar-refractivity contribution in [2.75, 3.05) is 11.9 Å². The van der Waals surface area contributed by atoms with Gasteiger partial charge >= 0.3 is 0 Å². The normalized spacial score (nSPS) is 9.89. The fourth-order valence-corrected chi connectivity index (χ4v) is 2.17. The zero-order valence-corrected chi connectivity index (χ0v) is 12.3. The van der Waals surface area contributed by atoms with Crippen LogP contribution in [0.2, 0.25) is 0 Å². The first-order valence-corrected chi connectivity index (χ1v) is 6.90. The Hall–Kier alpha value is -0.720. The van der Waals surface area contributed by atoms with Crippen LogP contribution in [0, 0.1) is 0 Å². The monoisotopic (exact) mass is 292 g/mol. The third-order valence-corrected chi connectivity index (χ3v) is 3.21. The summed E-state index contributed by atoms with van der Waals surface area (Å²) in [5, 5.41) is 12.3. The van der Waals surface area contributed by atoms with Crippen molar-refractivity contribution < 1.29 is 4.79 Å². The molecule has 1 aromatic rings. The van der Waals surface area contributed by atoms with Crippen LogP contribution >= 0.6 is 23.7 Å². The summed E-state index contributed by atoms with van der Waals surface area (Å²) in [6.45, 7) is 2.70. The SMILES string of the molecule is CCCCCc1nnc(NC(=O)CCCN)s1.Cl. The molecule has 0 unspecified atom stereocenters. The van der Waals surface area contributed by atoms with E-state index in [0.717, 1.165) is 17.8 Å². The second-order valence-electron chi connectivity index (χ2n) is 3.90. The second kappa shape index (κ2) is 10.2. The molecule has 7 heteroatoms. The van der Waals surface area contributed by atoms with Crippen molar-refractivity contribution in [2.24, 2.45) is 5.73 Å². The van der Waals surface area contributed by atoms with E-state index in [0.29, 0.717) is 24.5 Å². The highest BCUT2D eigenvalue weighted by molar-refractivity contribution is 7.15. The quantitative estimate of drug-likeness (QED) is 0.721. The highest BCUT2D eigenvalue weighted by Gasteiger charge is 2.07. The van der Waals surface area contributed by atoms with Gasteiger partial charge < -0.3 is 11.1 Å². The van der Waals surface area contributed by atoms with Crippen LogP contribution in [0.3, 0.4) is 0 Å². The van der Waals surface area contributed by atoms with Crippen LogP contribution in [-0.4, -0.2) is 22.6 Å². The topological polar surface area (TPSA) is 80.9 Å². The highest BCUT2D eigenvalue weighted by atomic mass is 35.5. The van der Waals surface area contributed by atoms with E-state index in [4.69, 9.17) is 5.73 Å². The number of amides is 1. The van der Waals surface area contributed by atoms with Crippen molar-refractivity contribution in [1.29, 1.82) is 0 Å². The molecule has 0 spiro atoms. The Bertz CT molecular complexity index is 346. The lowest BCUT2D eigenvalue weighted by Crippen LogP contribution is -2.13. The molecule has 1 heterocycles. The first-order chi connectivity index (χ1) is 8.26. The predicted octanol–water partition coefficient (Wildman–Crippen LogP) is 2.37. The van der Waals surface area contributed by atoms with Crippen molar-refractivity contribution in [3.63, 3.8) is 0 Å². The maximum atomic E-state index is 11.4. The third-order valence-electron chi connectivity index (χ3n) is 2.32. The van der Waals surface area contributed by atoms with Gasteiger partial charge in [-0.3, -0.25) is 4.79 Å². The Morgan fingerprint density at radius 3 is 2.78 bits per heavy atom. The number of aryl methyl sites for hydroxylation is 1. The lowest BCUT2D eigenvalue weighted by molar-refractivity contribution is -0.116. The lowest BCUT2D eigenvalue weighted by atomic mass is 10.2. The van der Waals surface area contributed by atoms with Crippen LogP contribution in [0.4, 0.5) is 5.13 Å². The Morgan fingerprint density at radius 1 is 1.33 bits per heavy atom. The van der Waals surface area contributed by atoms with Crippen molar-refractivity contribution in [2.45, 2.75) is 45.4 Å². The summed E-state index contributed by atoms with van der Waals surface area (Å²) in [6, 6.07) is 0. The van der Waals surface area contributed by atoms with Gasteiger partial charge in [0.25, 0.3) is 0 Å². The number of unbranched alkanes of at least 4 members (excludes halogenated alkanes) is 2. The minimum atomic E-state index is -0.0355. The number of nitrogens with two attached hydrogens (primary N) is 1. The number of carbonyl (C=O) groups excluding carboxylic acids is 1. The van der Waals surface area contributed by atoms with E-state index in [-0.39, 0.29) is 18.3 Å². The largest absolute Gasteiger partial charge is 0.330 e. The number of carbonyl (C=O) groups is 1. The molecule has 0 bridgehead atoms. The minimum Gasteiger partial charge on any atom is -0.330 e. The molecule has 0 aromatic carbocycles. The van der Waals surface area contributed by atoms with Crippen LogP contribution in [0.1, 0.15) is 44.0 Å². The summed E-state index contributed by atoms with van der Waals surface area (Å²) < 4.78 is 0. The molecule has 0 fully saturated rings. The van der Waals surface area contributed by atoms with Crippen molar-refractivity contribution >= 4 is 34.8 Å². The van der Waals surface area contributed by atoms with Gasteiger partial charge in [0.15, 0.2) is 0 Å². The van der Waals surface area contributed by atoms with Gasteiger partial charge in [0.1, 0.15) is 5.01 Å². The molecule has 0 radical (unpaired) electrons. The summed E-state index contributed by atoms with van der Waals surface area (Å²) >= 11 is 1.46. The Balaban J connectivity index is 0.00000289. The molecule has 0 atom stereocenters. The van der Waals surface area contributed by atoms with Crippen molar-refractivity contribution in [3.05, 3.63) is 5.01 Å². The molecule has 0 aliphatic heterocycles. The van der Waals surface area contributed by atoms with E-state index in [1.165, 1.54) is 24.2 Å². The number of nitrogens with one attached hydrogen (secondary N) is 1. The number of aromatic nitrogens is 2. The molecule has 0 aliphatic carbocycles. The number of rotatable bonds is 8. The Kier molecular flexibility index (Phi) is 9.82. The first-order valence-electron chi connectivity index (χ1n) is 6.08. The number of halogens is 1. The van der Waals surface area contributed by atoms with Crippen LogP contribution < -0.4 is 11.1 Å². The van der Waals surface area contributed by atoms with E-state index in [1.807, 2.05) is 0 Å². The van der Waals surface area contributed by atoms with Crippen LogP contribution in [-0.2, 0) is 11.2 Å². The van der Waals surface area contributed by atoms with Crippen LogP contribution in [0.5, 0.6) is 0 Å². The molecule has 0 saturated heterocycles. The highest BCUT2D eigenvalue weighted by Crippen LogP contribution is 2.17. The van der Waals surface area contributed by atoms with Gasteiger partial charge in [0.05, 0.1) is 0 Å². The number of hydrogen-bond acceptors (Lipinski definition) is 5.